The molecule has 0 aliphatic heterocycles. The number of carbonyl (C=O) groups is 1. The van der Waals surface area contributed by atoms with E-state index in [1.165, 1.54) is 7.11 Å². The molecule has 1 aromatic carbocycles. The van der Waals surface area contributed by atoms with E-state index in [1.54, 1.807) is 24.3 Å². The topological polar surface area (TPSA) is 86.3 Å². The van der Waals surface area contributed by atoms with Crippen molar-refractivity contribution in [1.29, 1.82) is 0 Å². The van der Waals surface area contributed by atoms with E-state index in [1.807, 2.05) is 0 Å². The van der Waals surface area contributed by atoms with Crippen LogP contribution in [-0.4, -0.2) is 31.9 Å². The fourth-order valence-corrected chi connectivity index (χ4v) is 0.793. The van der Waals surface area contributed by atoms with Crippen LogP contribution in [0, 0.1) is 0 Å². The Kier molecular flexibility index (Phi) is 6.80. The maximum Gasteiger partial charge on any atom is -0.870 e. The molecule has 1 aromatic rings. The predicted molar refractivity (Wildman–Crippen MR) is 47.0 cm³/mol. The van der Waals surface area contributed by atoms with Gasteiger partial charge in [-0.15, -0.1) is 0 Å². The second-order valence-corrected chi connectivity index (χ2v) is 2.08. The quantitative estimate of drug-likeness (QED) is 0.446. The molecule has 13 heavy (non-hydrogen) atoms. The van der Waals surface area contributed by atoms with Crippen LogP contribution in [-0.2, 0) is 4.74 Å². The van der Waals surface area contributed by atoms with Crippen molar-refractivity contribution in [2.45, 2.75) is 0 Å². The normalized spacial score (nSPS) is 7.92. The molecule has 0 bridgehead atoms. The van der Waals surface area contributed by atoms with Crippen molar-refractivity contribution in [3.63, 3.8) is 0 Å². The number of carbonyl (C=O) groups excluding carboxylic acids is 1. The summed E-state index contributed by atoms with van der Waals surface area (Å²) < 4.78 is 4.50. The maximum absolute atomic E-state index is 10.9. The molecule has 0 fully saturated rings. The SMILES string of the molecule is [B+2]c1ccccc1C(=O)OC.[OH-].[OH-]. The van der Waals surface area contributed by atoms with Gasteiger partial charge in [-0.1, -0.05) is 0 Å². The third kappa shape index (κ3) is 3.27. The number of hydrogen-bond acceptors (Lipinski definition) is 4. The molecule has 68 valence electrons. The first-order chi connectivity index (χ1) is 5.25. The Morgan fingerprint density at radius 3 is 2.31 bits per heavy atom. The molecule has 0 saturated heterocycles. The molecule has 1 rings (SSSR count). The zero-order valence-corrected chi connectivity index (χ0v) is 7.10. The van der Waals surface area contributed by atoms with Gasteiger partial charge in [0.05, 0.1) is 0 Å². The van der Waals surface area contributed by atoms with Gasteiger partial charge in [0.25, 0.3) is 0 Å². The van der Waals surface area contributed by atoms with E-state index in [0.29, 0.717) is 11.0 Å². The standard InChI is InChI=1S/C8H7BO2.2H2O/c1-11-8(10)6-4-2-3-5-7(6)9;;/h2-5H,1H3;2*1H2/q+2;;/p-2. The summed E-state index contributed by atoms with van der Waals surface area (Å²) in [6.45, 7) is 0. The van der Waals surface area contributed by atoms with Crippen LogP contribution in [0.3, 0.4) is 0 Å². The second kappa shape index (κ2) is 6.22. The van der Waals surface area contributed by atoms with Crippen LogP contribution in [0.15, 0.2) is 24.3 Å². The first kappa shape index (κ1) is 14.2. The molecule has 0 unspecified atom stereocenters. The van der Waals surface area contributed by atoms with Crippen molar-refractivity contribution >= 4 is 19.3 Å². The average Bonchev–Trinajstić information content (AvgIpc) is 2.04. The third-order valence-corrected chi connectivity index (χ3v) is 1.37. The number of benzene rings is 1. The molecule has 0 heterocycles. The van der Waals surface area contributed by atoms with Crippen LogP contribution in [0.25, 0.3) is 0 Å². The monoisotopic (exact) mass is 180 g/mol. The van der Waals surface area contributed by atoms with E-state index in [9.17, 15) is 4.79 Å². The Bertz CT molecular complexity index is 275. The fraction of sp³-hybridized carbons (Fsp3) is 0.125. The Balaban J connectivity index is 0. The van der Waals surface area contributed by atoms with Gasteiger partial charge in [-0.2, -0.15) is 0 Å². The van der Waals surface area contributed by atoms with Crippen molar-refractivity contribution in [3.8, 4) is 0 Å². The maximum atomic E-state index is 10.9. The summed E-state index contributed by atoms with van der Waals surface area (Å²) in [6.07, 6.45) is 0. The summed E-state index contributed by atoms with van der Waals surface area (Å²) in [5, 5.41) is 0. The fourth-order valence-electron chi connectivity index (χ4n) is 0.793. The summed E-state index contributed by atoms with van der Waals surface area (Å²) in [5.41, 5.74) is 0.856. The van der Waals surface area contributed by atoms with Gasteiger partial charge in [-0.3, -0.25) is 0 Å². The van der Waals surface area contributed by atoms with E-state index < -0.39 is 5.97 Å². The van der Waals surface area contributed by atoms with Gasteiger partial charge in [0, 0.05) is 0 Å². The van der Waals surface area contributed by atoms with Crippen LogP contribution < -0.4 is 5.46 Å². The largest absolute Gasteiger partial charge is 0.870 e. The Hall–Kier alpha value is -1.33. The molecule has 2 N–H and O–H groups in total. The summed E-state index contributed by atoms with van der Waals surface area (Å²) in [7, 11) is 6.82. The van der Waals surface area contributed by atoms with Crippen molar-refractivity contribution in [1.82, 2.24) is 0 Å². The van der Waals surface area contributed by atoms with E-state index in [2.05, 4.69) is 4.74 Å². The summed E-state index contributed by atoms with van der Waals surface area (Å²) in [6, 6.07) is 6.79. The van der Waals surface area contributed by atoms with Gasteiger partial charge in [-0.25, -0.2) is 0 Å². The average molecular weight is 180 g/mol. The first-order valence-electron chi connectivity index (χ1n) is 3.18. The van der Waals surface area contributed by atoms with Crippen LogP contribution in [0.2, 0.25) is 0 Å². The van der Waals surface area contributed by atoms with Crippen molar-refractivity contribution in [2.75, 3.05) is 7.11 Å². The molecular weight excluding hydrogens is 171 g/mol. The molecule has 4 nitrogen and oxygen atoms in total. The molecule has 0 radical (unpaired) electrons. The molecule has 0 atom stereocenters. The number of esters is 1. The minimum absolute atomic E-state index is 0. The summed E-state index contributed by atoms with van der Waals surface area (Å²) >= 11 is 0. The van der Waals surface area contributed by atoms with Crippen molar-refractivity contribution < 1.29 is 20.5 Å². The molecule has 0 aliphatic rings. The minimum Gasteiger partial charge on any atom is -0.870 e. The van der Waals surface area contributed by atoms with E-state index in [-0.39, 0.29) is 11.0 Å². The predicted octanol–water partition coefficient (Wildman–Crippen LogP) is -0.0866. The van der Waals surface area contributed by atoms with E-state index in [0.717, 1.165) is 0 Å². The van der Waals surface area contributed by atoms with Gasteiger partial charge in [0.2, 0.25) is 0 Å². The number of ether oxygens (including phenoxy) is 1. The second-order valence-electron chi connectivity index (χ2n) is 2.08. The van der Waals surface area contributed by atoms with Gasteiger partial charge in [0.1, 0.15) is 0 Å². The molecule has 0 saturated carbocycles. The van der Waals surface area contributed by atoms with Crippen molar-refractivity contribution in [3.05, 3.63) is 29.8 Å². The zero-order chi connectivity index (χ0) is 8.27. The third-order valence-electron chi connectivity index (χ3n) is 1.37. The summed E-state index contributed by atoms with van der Waals surface area (Å²) in [5.74, 6) is -0.400. The minimum atomic E-state index is -0.400. The molecule has 0 spiro atoms. The van der Waals surface area contributed by atoms with Gasteiger partial charge >= 0.3 is 65.7 Å². The Labute approximate surface area is 77.5 Å². The molecule has 5 heteroatoms. The Morgan fingerprint density at radius 1 is 1.31 bits per heavy atom. The van der Waals surface area contributed by atoms with Gasteiger partial charge in [0.15, 0.2) is 0 Å². The zero-order valence-electron chi connectivity index (χ0n) is 7.10. The summed E-state index contributed by atoms with van der Waals surface area (Å²) in [4.78, 5) is 10.9. The van der Waals surface area contributed by atoms with Crippen LogP contribution in [0.1, 0.15) is 10.4 Å². The first-order valence-corrected chi connectivity index (χ1v) is 3.18. The van der Waals surface area contributed by atoms with Gasteiger partial charge < -0.3 is 11.0 Å². The van der Waals surface area contributed by atoms with Crippen LogP contribution >= 0.6 is 0 Å². The molecule has 0 aromatic heterocycles. The molecule has 0 aliphatic carbocycles. The van der Waals surface area contributed by atoms with Crippen molar-refractivity contribution in [2.24, 2.45) is 0 Å². The number of methoxy groups -OCH3 is 1. The van der Waals surface area contributed by atoms with Crippen LogP contribution in [0.4, 0.5) is 0 Å². The molecular formula is C8H9BO4. The van der Waals surface area contributed by atoms with E-state index >= 15 is 0 Å². The molecule has 0 amide bonds. The Morgan fingerprint density at radius 2 is 1.85 bits per heavy atom. The number of rotatable bonds is 1. The van der Waals surface area contributed by atoms with Gasteiger partial charge in [-0.05, 0) is 0 Å². The van der Waals surface area contributed by atoms with E-state index in [4.69, 9.17) is 7.85 Å². The smallest absolute Gasteiger partial charge is 0.870 e. The number of hydrogen-bond donors (Lipinski definition) is 0. The van der Waals surface area contributed by atoms with Crippen LogP contribution in [0.5, 0.6) is 0 Å².